The molecule has 0 saturated carbocycles. The number of rotatable bonds is 9. The zero-order chi connectivity index (χ0) is 25.7. The predicted octanol–water partition coefficient (Wildman–Crippen LogP) is 6.57. The first-order valence-electron chi connectivity index (χ1n) is 11.2. The number of hydrogen-bond acceptors (Lipinski definition) is 5. The fraction of sp³-hybridized carbons (Fsp3) is 0.609. The van der Waals surface area contributed by atoms with Crippen molar-refractivity contribution in [2.24, 2.45) is 0 Å². The molecule has 34 heavy (non-hydrogen) atoms. The summed E-state index contributed by atoms with van der Waals surface area (Å²) in [5.74, 6) is -3.74. The van der Waals surface area contributed by atoms with Crippen molar-refractivity contribution in [1.29, 1.82) is 0 Å². The van der Waals surface area contributed by atoms with Crippen molar-refractivity contribution in [3.63, 3.8) is 0 Å². The second-order valence-electron chi connectivity index (χ2n) is 9.10. The Hall–Kier alpha value is -1.98. The van der Waals surface area contributed by atoms with E-state index in [-0.39, 0.29) is 29.8 Å². The van der Waals surface area contributed by atoms with E-state index in [0.29, 0.717) is 13.0 Å². The maximum atomic E-state index is 15.5. The molecule has 1 saturated heterocycles. The van der Waals surface area contributed by atoms with E-state index in [4.69, 9.17) is 13.9 Å². The maximum Gasteiger partial charge on any atom is 0.408 e. The van der Waals surface area contributed by atoms with Crippen molar-refractivity contribution in [1.82, 2.24) is 0 Å². The van der Waals surface area contributed by atoms with E-state index < -0.39 is 50.0 Å². The summed E-state index contributed by atoms with van der Waals surface area (Å²) in [5, 5.41) is 2.23. The summed E-state index contributed by atoms with van der Waals surface area (Å²) in [6.07, 6.45) is -0.300. The van der Waals surface area contributed by atoms with E-state index >= 15 is 8.78 Å². The van der Waals surface area contributed by atoms with Gasteiger partial charge in [-0.25, -0.2) is 13.6 Å². The van der Waals surface area contributed by atoms with E-state index in [1.54, 1.807) is 19.6 Å². The third kappa shape index (κ3) is 7.51. The molecule has 0 amide bonds. The lowest BCUT2D eigenvalue weighted by molar-refractivity contribution is -0.155. The average Bonchev–Trinajstić information content (AvgIpc) is 2.72. The molecule has 2 atom stereocenters. The SMILES string of the molecule is CCC(Nc1c(C)c(F)c(C(=O)O[Si](C)(C)C)c(F)c1/C=C/COC1CCCCO1)C(F)(F)F. The molecule has 1 aliphatic heterocycles. The van der Waals surface area contributed by atoms with Gasteiger partial charge in [-0.05, 0) is 52.2 Å². The summed E-state index contributed by atoms with van der Waals surface area (Å²) < 4.78 is 87.0. The number of ether oxygens (including phenoxy) is 2. The number of hydrogen-bond donors (Lipinski definition) is 1. The molecule has 5 nitrogen and oxygen atoms in total. The van der Waals surface area contributed by atoms with Crippen LogP contribution in [-0.4, -0.2) is 46.0 Å². The van der Waals surface area contributed by atoms with Crippen LogP contribution in [0.4, 0.5) is 27.6 Å². The van der Waals surface area contributed by atoms with Gasteiger partial charge < -0.3 is 19.2 Å². The zero-order valence-electron chi connectivity index (χ0n) is 20.1. The molecule has 1 aliphatic rings. The monoisotopic (exact) mass is 509 g/mol. The Morgan fingerprint density at radius 3 is 2.44 bits per heavy atom. The number of anilines is 1. The predicted molar refractivity (Wildman–Crippen MR) is 122 cm³/mol. The first-order chi connectivity index (χ1) is 15.8. The lowest BCUT2D eigenvalue weighted by Crippen LogP contribution is -2.36. The van der Waals surface area contributed by atoms with Gasteiger partial charge in [0.05, 0.1) is 12.3 Å². The lowest BCUT2D eigenvalue weighted by Gasteiger charge is -2.25. The van der Waals surface area contributed by atoms with Gasteiger partial charge in [0, 0.05) is 17.7 Å². The highest BCUT2D eigenvalue weighted by atomic mass is 28.4. The first kappa shape index (κ1) is 28.3. The van der Waals surface area contributed by atoms with Crippen LogP contribution in [0.25, 0.3) is 6.08 Å². The zero-order valence-corrected chi connectivity index (χ0v) is 21.1. The smallest absolute Gasteiger partial charge is 0.408 e. The van der Waals surface area contributed by atoms with Crippen LogP contribution in [-0.2, 0) is 13.9 Å². The van der Waals surface area contributed by atoms with Crippen molar-refractivity contribution in [2.45, 2.75) is 77.7 Å². The molecule has 11 heteroatoms. The van der Waals surface area contributed by atoms with Crippen molar-refractivity contribution < 1.29 is 40.6 Å². The van der Waals surface area contributed by atoms with Crippen LogP contribution in [0.15, 0.2) is 6.08 Å². The second kappa shape index (κ2) is 11.6. The fourth-order valence-corrected chi connectivity index (χ4v) is 4.11. The highest BCUT2D eigenvalue weighted by molar-refractivity contribution is 6.71. The van der Waals surface area contributed by atoms with Crippen LogP contribution < -0.4 is 5.32 Å². The van der Waals surface area contributed by atoms with E-state index in [0.717, 1.165) is 12.8 Å². The third-order valence-corrected chi connectivity index (χ3v) is 5.97. The van der Waals surface area contributed by atoms with Gasteiger partial charge in [0.2, 0.25) is 8.32 Å². The summed E-state index contributed by atoms with van der Waals surface area (Å²) in [7, 11) is -2.50. The Morgan fingerprint density at radius 1 is 1.24 bits per heavy atom. The summed E-state index contributed by atoms with van der Waals surface area (Å²) in [5.41, 5.74) is -2.00. The topological polar surface area (TPSA) is 56.8 Å². The molecule has 1 N–H and O–H groups in total. The van der Waals surface area contributed by atoms with Crippen molar-refractivity contribution in [3.05, 3.63) is 34.4 Å². The highest BCUT2D eigenvalue weighted by Gasteiger charge is 2.40. The molecule has 2 rings (SSSR count). The molecule has 1 heterocycles. The number of carbonyl (C=O) groups excluding carboxylic acids is 1. The van der Waals surface area contributed by atoms with Crippen LogP contribution in [0, 0.1) is 18.6 Å². The minimum absolute atomic E-state index is 0.00880. The molecule has 0 radical (unpaired) electrons. The standard InChI is InChI=1S/C23H32F5NO4Si/c1-6-16(23(26,27)28)29-21-14(2)19(24)18(22(30)33-34(3,4)5)20(25)15(21)10-9-13-32-17-11-7-8-12-31-17/h9-10,16-17,29H,6-8,11-13H2,1-5H3/b10-9+. The van der Waals surface area contributed by atoms with Gasteiger partial charge in [-0.1, -0.05) is 19.1 Å². The number of alkyl halides is 3. The molecule has 1 aromatic carbocycles. The molecule has 0 aliphatic carbocycles. The second-order valence-corrected chi connectivity index (χ2v) is 13.5. The molecule has 0 aromatic heterocycles. The van der Waals surface area contributed by atoms with Crippen molar-refractivity contribution in [2.75, 3.05) is 18.5 Å². The normalized spacial score (nSPS) is 18.2. The van der Waals surface area contributed by atoms with Gasteiger partial charge in [0.25, 0.3) is 0 Å². The lowest BCUT2D eigenvalue weighted by atomic mass is 9.99. The molecular formula is C23H32F5NO4Si. The van der Waals surface area contributed by atoms with E-state index in [2.05, 4.69) is 5.32 Å². The summed E-state index contributed by atoms with van der Waals surface area (Å²) in [6, 6.07) is -2.04. The Kier molecular flexibility index (Phi) is 9.67. The Balaban J connectivity index is 2.47. The van der Waals surface area contributed by atoms with Gasteiger partial charge in [-0.3, -0.25) is 0 Å². The summed E-state index contributed by atoms with van der Waals surface area (Å²) in [6.45, 7) is 8.06. The van der Waals surface area contributed by atoms with Crippen LogP contribution in [0.1, 0.15) is 54.1 Å². The van der Waals surface area contributed by atoms with E-state index in [1.807, 2.05) is 0 Å². The molecule has 1 aromatic rings. The largest absolute Gasteiger partial charge is 0.516 e. The third-order valence-electron chi connectivity index (χ3n) is 5.17. The Labute approximate surface area is 197 Å². The highest BCUT2D eigenvalue weighted by Crippen LogP contribution is 2.35. The summed E-state index contributed by atoms with van der Waals surface area (Å²) >= 11 is 0. The average molecular weight is 510 g/mol. The maximum absolute atomic E-state index is 15.5. The van der Waals surface area contributed by atoms with Crippen LogP contribution >= 0.6 is 0 Å². The molecule has 2 unspecified atom stereocenters. The van der Waals surface area contributed by atoms with Gasteiger partial charge in [0.1, 0.15) is 23.2 Å². The van der Waals surface area contributed by atoms with Gasteiger partial charge in [-0.2, -0.15) is 13.2 Å². The Bertz CT molecular complexity index is 893. The number of carbonyl (C=O) groups is 1. The number of halogens is 5. The van der Waals surface area contributed by atoms with E-state index in [1.165, 1.54) is 26.0 Å². The summed E-state index contributed by atoms with van der Waals surface area (Å²) in [4.78, 5) is 12.6. The van der Waals surface area contributed by atoms with Crippen molar-refractivity contribution >= 4 is 26.1 Å². The van der Waals surface area contributed by atoms with Gasteiger partial charge in [-0.15, -0.1) is 0 Å². The molecular weight excluding hydrogens is 477 g/mol. The Morgan fingerprint density at radius 2 is 1.91 bits per heavy atom. The van der Waals surface area contributed by atoms with Gasteiger partial charge in [0.15, 0.2) is 6.29 Å². The molecule has 1 fully saturated rings. The quantitative estimate of drug-likeness (QED) is 0.301. The minimum atomic E-state index is -4.65. The van der Waals surface area contributed by atoms with Crippen LogP contribution in [0.5, 0.6) is 0 Å². The van der Waals surface area contributed by atoms with Crippen LogP contribution in [0.3, 0.4) is 0 Å². The minimum Gasteiger partial charge on any atom is -0.516 e. The van der Waals surface area contributed by atoms with Crippen LogP contribution in [0.2, 0.25) is 19.6 Å². The van der Waals surface area contributed by atoms with Crippen molar-refractivity contribution in [3.8, 4) is 0 Å². The number of benzene rings is 1. The fourth-order valence-electron chi connectivity index (χ4n) is 3.45. The molecule has 192 valence electrons. The van der Waals surface area contributed by atoms with E-state index in [9.17, 15) is 18.0 Å². The molecule has 0 bridgehead atoms. The number of nitrogens with one attached hydrogen (secondary N) is 1. The first-order valence-corrected chi connectivity index (χ1v) is 14.6. The van der Waals surface area contributed by atoms with Gasteiger partial charge >= 0.3 is 12.1 Å². The molecule has 0 spiro atoms.